The monoisotopic (exact) mass is 282 g/mol. The first-order valence-electron chi connectivity index (χ1n) is 6.12. The third-order valence-corrected chi connectivity index (χ3v) is 3.12. The first-order valence-corrected chi connectivity index (χ1v) is 6.50. The van der Waals surface area contributed by atoms with Crippen molar-refractivity contribution in [1.29, 1.82) is 0 Å². The van der Waals surface area contributed by atoms with Crippen LogP contribution in [-0.4, -0.2) is 15.1 Å². The molecule has 3 aromatic rings. The number of phenolic OH excluding ortho intramolecular Hbond substituents is 1. The summed E-state index contributed by atoms with van der Waals surface area (Å²) in [5.74, 6) is 0.168. The van der Waals surface area contributed by atoms with E-state index in [2.05, 4.69) is 9.97 Å². The number of rotatable bonds is 2. The van der Waals surface area contributed by atoms with E-state index in [1.165, 1.54) is 0 Å². The van der Waals surface area contributed by atoms with Crippen LogP contribution in [0.15, 0.2) is 60.7 Å². The fraction of sp³-hybridized carbons (Fsp3) is 0. The van der Waals surface area contributed by atoms with Crippen LogP contribution >= 0.6 is 11.6 Å². The lowest BCUT2D eigenvalue weighted by molar-refractivity contribution is 0.477. The molecule has 20 heavy (non-hydrogen) atoms. The van der Waals surface area contributed by atoms with Crippen LogP contribution < -0.4 is 0 Å². The summed E-state index contributed by atoms with van der Waals surface area (Å²) in [4.78, 5) is 8.42. The van der Waals surface area contributed by atoms with Crippen LogP contribution in [0.2, 0.25) is 5.28 Å². The van der Waals surface area contributed by atoms with Gasteiger partial charge in [0, 0.05) is 11.1 Å². The molecule has 0 saturated carbocycles. The minimum atomic E-state index is 0.157. The van der Waals surface area contributed by atoms with Crippen molar-refractivity contribution in [1.82, 2.24) is 9.97 Å². The Morgan fingerprint density at radius 2 is 1.45 bits per heavy atom. The Balaban J connectivity index is 2.15. The van der Waals surface area contributed by atoms with Gasteiger partial charge in [0.1, 0.15) is 5.75 Å². The number of hydrogen-bond donors (Lipinski definition) is 1. The Bertz CT molecular complexity index is 744. The summed E-state index contributed by atoms with van der Waals surface area (Å²) in [5, 5.41) is 10.1. The summed E-state index contributed by atoms with van der Waals surface area (Å²) in [5.41, 5.74) is 2.91. The quantitative estimate of drug-likeness (QED) is 0.718. The van der Waals surface area contributed by atoms with Gasteiger partial charge < -0.3 is 5.11 Å². The second-order valence-electron chi connectivity index (χ2n) is 4.29. The lowest BCUT2D eigenvalue weighted by atomic mass is 10.1. The van der Waals surface area contributed by atoms with Gasteiger partial charge in [-0.2, -0.15) is 0 Å². The summed E-state index contributed by atoms with van der Waals surface area (Å²) >= 11 is 6.00. The Kier molecular flexibility index (Phi) is 3.35. The van der Waals surface area contributed by atoms with Crippen LogP contribution in [0.4, 0.5) is 0 Å². The third kappa shape index (κ3) is 2.49. The first kappa shape index (κ1) is 12.6. The van der Waals surface area contributed by atoms with Gasteiger partial charge in [0.05, 0.1) is 11.4 Å². The summed E-state index contributed by atoms with van der Waals surface area (Å²) in [7, 11) is 0. The second-order valence-corrected chi connectivity index (χ2v) is 4.63. The SMILES string of the molecule is Oc1ccccc1-c1cc(-c2ccccc2)nc(Cl)n1. The number of aromatic nitrogens is 2. The number of hydrogen-bond acceptors (Lipinski definition) is 3. The molecular formula is C16H11ClN2O. The van der Waals surface area contributed by atoms with E-state index in [1.54, 1.807) is 18.2 Å². The number of para-hydroxylation sites is 1. The lowest BCUT2D eigenvalue weighted by Crippen LogP contribution is -1.92. The van der Waals surface area contributed by atoms with Gasteiger partial charge in [0.15, 0.2) is 0 Å². The van der Waals surface area contributed by atoms with Gasteiger partial charge in [-0.3, -0.25) is 0 Å². The van der Waals surface area contributed by atoms with Crippen LogP contribution in [0.25, 0.3) is 22.5 Å². The van der Waals surface area contributed by atoms with E-state index in [1.807, 2.05) is 42.5 Å². The topological polar surface area (TPSA) is 46.0 Å². The number of nitrogens with zero attached hydrogens (tertiary/aromatic N) is 2. The van der Waals surface area contributed by atoms with Crippen LogP contribution in [0.5, 0.6) is 5.75 Å². The van der Waals surface area contributed by atoms with Crippen LogP contribution in [0.1, 0.15) is 0 Å². The van der Waals surface area contributed by atoms with Crippen molar-refractivity contribution in [3.05, 3.63) is 65.9 Å². The fourth-order valence-corrected chi connectivity index (χ4v) is 2.18. The van der Waals surface area contributed by atoms with Crippen molar-refractivity contribution >= 4 is 11.6 Å². The smallest absolute Gasteiger partial charge is 0.223 e. The predicted octanol–water partition coefficient (Wildman–Crippen LogP) is 4.17. The van der Waals surface area contributed by atoms with Gasteiger partial charge in [0.2, 0.25) is 5.28 Å². The highest BCUT2D eigenvalue weighted by Gasteiger charge is 2.09. The van der Waals surface area contributed by atoms with Crippen molar-refractivity contribution in [2.45, 2.75) is 0 Å². The molecule has 0 aliphatic rings. The minimum absolute atomic E-state index is 0.157. The molecule has 0 radical (unpaired) electrons. The van der Waals surface area contributed by atoms with E-state index in [0.717, 1.165) is 11.3 Å². The molecule has 3 nitrogen and oxygen atoms in total. The van der Waals surface area contributed by atoms with E-state index in [-0.39, 0.29) is 11.0 Å². The second kappa shape index (κ2) is 5.31. The van der Waals surface area contributed by atoms with Crippen LogP contribution in [0.3, 0.4) is 0 Å². The molecule has 0 spiro atoms. The maximum absolute atomic E-state index is 9.91. The Labute approximate surface area is 121 Å². The van der Waals surface area contributed by atoms with E-state index in [9.17, 15) is 5.11 Å². The molecular weight excluding hydrogens is 272 g/mol. The standard InChI is InChI=1S/C16H11ClN2O/c17-16-18-13(11-6-2-1-3-7-11)10-14(19-16)12-8-4-5-9-15(12)20/h1-10,20H. The fourth-order valence-electron chi connectivity index (χ4n) is 2.00. The van der Waals surface area contributed by atoms with Gasteiger partial charge in [-0.05, 0) is 29.8 Å². The number of aromatic hydroxyl groups is 1. The molecule has 0 amide bonds. The Morgan fingerprint density at radius 1 is 0.800 bits per heavy atom. The molecule has 0 bridgehead atoms. The van der Waals surface area contributed by atoms with Crippen LogP contribution in [-0.2, 0) is 0 Å². The molecule has 0 aliphatic heterocycles. The highest BCUT2D eigenvalue weighted by molar-refractivity contribution is 6.28. The normalized spacial score (nSPS) is 10.4. The van der Waals surface area contributed by atoms with E-state index in [0.29, 0.717) is 11.3 Å². The maximum atomic E-state index is 9.91. The Morgan fingerprint density at radius 3 is 2.20 bits per heavy atom. The van der Waals surface area contributed by atoms with Gasteiger partial charge in [-0.25, -0.2) is 9.97 Å². The van der Waals surface area contributed by atoms with E-state index >= 15 is 0 Å². The molecule has 0 atom stereocenters. The number of phenols is 1. The van der Waals surface area contributed by atoms with Crippen molar-refractivity contribution in [2.75, 3.05) is 0 Å². The van der Waals surface area contributed by atoms with E-state index < -0.39 is 0 Å². The molecule has 98 valence electrons. The lowest BCUT2D eigenvalue weighted by Gasteiger charge is -2.07. The molecule has 0 fully saturated rings. The zero-order chi connectivity index (χ0) is 13.9. The van der Waals surface area contributed by atoms with Gasteiger partial charge in [-0.15, -0.1) is 0 Å². The molecule has 2 aromatic carbocycles. The molecule has 1 aromatic heterocycles. The van der Waals surface area contributed by atoms with Gasteiger partial charge in [-0.1, -0.05) is 42.5 Å². The maximum Gasteiger partial charge on any atom is 0.223 e. The van der Waals surface area contributed by atoms with E-state index in [4.69, 9.17) is 11.6 Å². The van der Waals surface area contributed by atoms with Crippen LogP contribution in [0, 0.1) is 0 Å². The highest BCUT2D eigenvalue weighted by atomic mass is 35.5. The Hall–Kier alpha value is -2.39. The van der Waals surface area contributed by atoms with Gasteiger partial charge in [0.25, 0.3) is 0 Å². The van der Waals surface area contributed by atoms with Crippen molar-refractivity contribution < 1.29 is 5.11 Å². The minimum Gasteiger partial charge on any atom is -0.507 e. The van der Waals surface area contributed by atoms with Crippen molar-refractivity contribution in [3.8, 4) is 28.3 Å². The molecule has 0 unspecified atom stereocenters. The summed E-state index contributed by atoms with van der Waals surface area (Å²) in [6.07, 6.45) is 0. The third-order valence-electron chi connectivity index (χ3n) is 2.95. The number of halogens is 1. The zero-order valence-electron chi connectivity index (χ0n) is 10.5. The summed E-state index contributed by atoms with van der Waals surface area (Å²) in [6.45, 7) is 0. The molecule has 0 aliphatic carbocycles. The summed E-state index contributed by atoms with van der Waals surface area (Å²) < 4.78 is 0. The molecule has 4 heteroatoms. The highest BCUT2D eigenvalue weighted by Crippen LogP contribution is 2.30. The summed E-state index contributed by atoms with van der Waals surface area (Å²) in [6, 6.07) is 18.5. The average molecular weight is 283 g/mol. The molecule has 1 heterocycles. The molecule has 0 saturated heterocycles. The number of benzene rings is 2. The first-order chi connectivity index (χ1) is 9.74. The van der Waals surface area contributed by atoms with Crippen molar-refractivity contribution in [3.63, 3.8) is 0 Å². The average Bonchev–Trinajstić information content (AvgIpc) is 2.48. The predicted molar refractivity (Wildman–Crippen MR) is 79.6 cm³/mol. The molecule has 3 rings (SSSR count). The molecule has 1 N–H and O–H groups in total. The van der Waals surface area contributed by atoms with Crippen molar-refractivity contribution in [2.24, 2.45) is 0 Å². The van der Waals surface area contributed by atoms with Gasteiger partial charge >= 0.3 is 0 Å². The zero-order valence-corrected chi connectivity index (χ0v) is 11.2. The largest absolute Gasteiger partial charge is 0.507 e.